The SMILES string of the molecule is O=Cc1cn(CC(=O)Nc2ccc(F)cc2)nn1. The Labute approximate surface area is 101 Å². The summed E-state index contributed by atoms with van der Waals surface area (Å²) in [5.74, 6) is -0.719. The van der Waals surface area contributed by atoms with E-state index in [0.717, 1.165) is 0 Å². The molecule has 1 N–H and O–H groups in total. The van der Waals surface area contributed by atoms with Crippen molar-refractivity contribution in [3.05, 3.63) is 42.0 Å². The normalized spacial score (nSPS) is 10.1. The van der Waals surface area contributed by atoms with E-state index in [0.29, 0.717) is 12.0 Å². The first kappa shape index (κ1) is 11.9. The predicted octanol–water partition coefficient (Wildman–Crippen LogP) is 0.868. The van der Waals surface area contributed by atoms with Gasteiger partial charge in [0, 0.05) is 5.69 Å². The molecule has 1 heterocycles. The molecule has 2 rings (SSSR count). The van der Waals surface area contributed by atoms with Gasteiger partial charge in [-0.05, 0) is 24.3 Å². The Kier molecular flexibility index (Phi) is 3.42. The topological polar surface area (TPSA) is 76.9 Å². The quantitative estimate of drug-likeness (QED) is 0.814. The molecule has 1 aromatic heterocycles. The molecule has 0 saturated carbocycles. The minimum atomic E-state index is -0.375. The lowest BCUT2D eigenvalue weighted by atomic mass is 10.3. The zero-order chi connectivity index (χ0) is 13.0. The summed E-state index contributed by atoms with van der Waals surface area (Å²) >= 11 is 0. The molecule has 1 amide bonds. The second-order valence-corrected chi connectivity index (χ2v) is 3.51. The third-order valence-electron chi connectivity index (χ3n) is 2.11. The lowest BCUT2D eigenvalue weighted by Crippen LogP contribution is -2.19. The van der Waals surface area contributed by atoms with Crippen LogP contribution in [0.4, 0.5) is 10.1 Å². The first-order valence-electron chi connectivity index (χ1n) is 5.08. The van der Waals surface area contributed by atoms with Crippen molar-refractivity contribution in [3.63, 3.8) is 0 Å². The number of rotatable bonds is 4. The fourth-order valence-electron chi connectivity index (χ4n) is 1.33. The van der Waals surface area contributed by atoms with Crippen molar-refractivity contribution in [1.82, 2.24) is 15.0 Å². The van der Waals surface area contributed by atoms with Gasteiger partial charge < -0.3 is 5.32 Å². The van der Waals surface area contributed by atoms with Crippen LogP contribution in [0.3, 0.4) is 0 Å². The number of nitrogens with zero attached hydrogens (tertiary/aromatic N) is 3. The van der Waals surface area contributed by atoms with E-state index in [9.17, 15) is 14.0 Å². The Morgan fingerprint density at radius 2 is 2.11 bits per heavy atom. The highest BCUT2D eigenvalue weighted by Crippen LogP contribution is 2.08. The van der Waals surface area contributed by atoms with E-state index >= 15 is 0 Å². The van der Waals surface area contributed by atoms with Crippen LogP contribution < -0.4 is 5.32 Å². The van der Waals surface area contributed by atoms with Gasteiger partial charge in [0.05, 0.1) is 6.20 Å². The Hall–Kier alpha value is -2.57. The molecule has 0 aliphatic heterocycles. The highest BCUT2D eigenvalue weighted by Gasteiger charge is 2.06. The summed E-state index contributed by atoms with van der Waals surface area (Å²) in [6.07, 6.45) is 1.90. The van der Waals surface area contributed by atoms with Crippen molar-refractivity contribution >= 4 is 17.9 Å². The highest BCUT2D eigenvalue weighted by atomic mass is 19.1. The first-order valence-corrected chi connectivity index (χ1v) is 5.08. The number of anilines is 1. The Bertz CT molecular complexity index is 565. The van der Waals surface area contributed by atoms with Crippen molar-refractivity contribution in [1.29, 1.82) is 0 Å². The van der Waals surface area contributed by atoms with Crippen molar-refractivity contribution in [2.24, 2.45) is 0 Å². The summed E-state index contributed by atoms with van der Waals surface area (Å²) in [4.78, 5) is 22.0. The summed E-state index contributed by atoms with van der Waals surface area (Å²) in [7, 11) is 0. The van der Waals surface area contributed by atoms with E-state index in [4.69, 9.17) is 0 Å². The smallest absolute Gasteiger partial charge is 0.246 e. The van der Waals surface area contributed by atoms with Gasteiger partial charge in [-0.15, -0.1) is 5.10 Å². The van der Waals surface area contributed by atoms with Crippen molar-refractivity contribution < 1.29 is 14.0 Å². The maximum absolute atomic E-state index is 12.6. The van der Waals surface area contributed by atoms with Gasteiger partial charge in [-0.25, -0.2) is 9.07 Å². The number of aromatic nitrogens is 3. The molecule has 7 heteroatoms. The average Bonchev–Trinajstić information content (AvgIpc) is 2.79. The summed E-state index contributed by atoms with van der Waals surface area (Å²) < 4.78 is 13.9. The van der Waals surface area contributed by atoms with Crippen LogP contribution in [0, 0.1) is 5.82 Å². The predicted molar refractivity (Wildman–Crippen MR) is 60.4 cm³/mol. The molecule has 0 bridgehead atoms. The number of carbonyl (C=O) groups is 2. The van der Waals surface area contributed by atoms with Gasteiger partial charge in [0.1, 0.15) is 18.1 Å². The summed E-state index contributed by atoms with van der Waals surface area (Å²) in [6.45, 7) is -0.0712. The van der Waals surface area contributed by atoms with Crippen molar-refractivity contribution in [2.45, 2.75) is 6.54 Å². The van der Waals surface area contributed by atoms with Crippen LogP contribution >= 0.6 is 0 Å². The third-order valence-corrected chi connectivity index (χ3v) is 2.11. The molecule has 6 nitrogen and oxygen atoms in total. The average molecular weight is 248 g/mol. The highest BCUT2D eigenvalue weighted by molar-refractivity contribution is 5.90. The molecule has 0 saturated heterocycles. The maximum Gasteiger partial charge on any atom is 0.246 e. The van der Waals surface area contributed by atoms with Gasteiger partial charge in [0.15, 0.2) is 6.29 Å². The van der Waals surface area contributed by atoms with Gasteiger partial charge >= 0.3 is 0 Å². The van der Waals surface area contributed by atoms with E-state index in [2.05, 4.69) is 15.6 Å². The zero-order valence-corrected chi connectivity index (χ0v) is 9.21. The maximum atomic E-state index is 12.6. The van der Waals surface area contributed by atoms with E-state index in [1.165, 1.54) is 35.1 Å². The molecule has 0 fully saturated rings. The molecule has 0 aliphatic rings. The van der Waals surface area contributed by atoms with Gasteiger partial charge in [0.2, 0.25) is 5.91 Å². The summed E-state index contributed by atoms with van der Waals surface area (Å²) in [5.41, 5.74) is 0.640. The Morgan fingerprint density at radius 1 is 1.39 bits per heavy atom. The number of benzene rings is 1. The van der Waals surface area contributed by atoms with Crippen LogP contribution in [0.5, 0.6) is 0 Å². The fourth-order valence-corrected chi connectivity index (χ4v) is 1.33. The number of amides is 1. The van der Waals surface area contributed by atoms with Crippen LogP contribution in [0.2, 0.25) is 0 Å². The van der Waals surface area contributed by atoms with Crippen LogP contribution in [0.15, 0.2) is 30.5 Å². The molecule has 0 radical (unpaired) electrons. The molecule has 0 spiro atoms. The van der Waals surface area contributed by atoms with Crippen LogP contribution in [-0.4, -0.2) is 27.2 Å². The molecular formula is C11H9FN4O2. The number of hydrogen-bond acceptors (Lipinski definition) is 4. The lowest BCUT2D eigenvalue weighted by Gasteiger charge is -2.04. The van der Waals surface area contributed by atoms with Crippen LogP contribution in [0.25, 0.3) is 0 Å². The van der Waals surface area contributed by atoms with Gasteiger partial charge in [0.25, 0.3) is 0 Å². The largest absolute Gasteiger partial charge is 0.324 e. The Balaban J connectivity index is 1.96. The second kappa shape index (κ2) is 5.17. The monoisotopic (exact) mass is 248 g/mol. The van der Waals surface area contributed by atoms with E-state index in [-0.39, 0.29) is 24.0 Å². The van der Waals surface area contributed by atoms with Gasteiger partial charge in [-0.2, -0.15) is 0 Å². The zero-order valence-electron chi connectivity index (χ0n) is 9.21. The number of carbonyl (C=O) groups excluding carboxylic acids is 2. The molecule has 1 aromatic carbocycles. The third kappa shape index (κ3) is 2.97. The second-order valence-electron chi connectivity index (χ2n) is 3.51. The number of aldehydes is 1. The van der Waals surface area contributed by atoms with Crippen molar-refractivity contribution in [2.75, 3.05) is 5.32 Å². The number of hydrogen-bond donors (Lipinski definition) is 1. The van der Waals surface area contributed by atoms with Gasteiger partial charge in [-0.1, -0.05) is 5.21 Å². The van der Waals surface area contributed by atoms with Crippen LogP contribution in [-0.2, 0) is 11.3 Å². The standard InChI is InChI=1S/C11H9FN4O2/c12-8-1-3-9(4-2-8)13-11(18)6-16-5-10(7-17)14-15-16/h1-5,7H,6H2,(H,13,18). The molecule has 0 unspecified atom stereocenters. The number of halogens is 1. The molecule has 92 valence electrons. The van der Waals surface area contributed by atoms with E-state index in [1.807, 2.05) is 0 Å². The lowest BCUT2D eigenvalue weighted by molar-refractivity contribution is -0.116. The van der Waals surface area contributed by atoms with Crippen molar-refractivity contribution in [3.8, 4) is 0 Å². The molecule has 2 aromatic rings. The summed E-state index contributed by atoms with van der Waals surface area (Å²) in [6, 6.07) is 5.39. The number of nitrogens with one attached hydrogen (secondary N) is 1. The fraction of sp³-hybridized carbons (Fsp3) is 0.0909. The first-order chi connectivity index (χ1) is 8.67. The molecule has 18 heavy (non-hydrogen) atoms. The molecule has 0 aliphatic carbocycles. The summed E-state index contributed by atoms with van der Waals surface area (Å²) in [5, 5.41) is 9.68. The van der Waals surface area contributed by atoms with Crippen LogP contribution in [0.1, 0.15) is 10.5 Å². The van der Waals surface area contributed by atoms with Gasteiger partial charge in [-0.3, -0.25) is 9.59 Å². The molecule has 0 atom stereocenters. The van der Waals surface area contributed by atoms with E-state index in [1.54, 1.807) is 0 Å². The molecular weight excluding hydrogens is 239 g/mol. The minimum Gasteiger partial charge on any atom is -0.324 e. The van der Waals surface area contributed by atoms with E-state index < -0.39 is 0 Å². The Morgan fingerprint density at radius 3 is 2.72 bits per heavy atom. The minimum absolute atomic E-state index is 0.0712.